The molecule has 1 aromatic heterocycles. The Bertz CT molecular complexity index is 1150. The SMILES string of the molecule is COc1ccc(NC(=O)c2nn(C)c3c2CS(=O)(=O)c2ccccc2-3)cc1. The Hall–Kier alpha value is -3.13. The number of methoxy groups -OCH3 is 1. The van der Waals surface area contributed by atoms with Crippen molar-refractivity contribution in [2.45, 2.75) is 10.6 Å². The number of ether oxygens (including phenoxy) is 1. The van der Waals surface area contributed by atoms with Crippen LogP contribution in [0.3, 0.4) is 0 Å². The van der Waals surface area contributed by atoms with Crippen LogP contribution in [-0.4, -0.2) is 31.2 Å². The first-order valence-corrected chi connectivity index (χ1v) is 9.89. The van der Waals surface area contributed by atoms with E-state index in [1.807, 2.05) is 0 Å². The third-order valence-corrected chi connectivity index (χ3v) is 6.21. The van der Waals surface area contributed by atoms with Crippen molar-refractivity contribution < 1.29 is 17.9 Å². The van der Waals surface area contributed by atoms with Gasteiger partial charge in [0.2, 0.25) is 0 Å². The Balaban J connectivity index is 1.75. The molecule has 0 spiro atoms. The smallest absolute Gasteiger partial charge is 0.276 e. The van der Waals surface area contributed by atoms with E-state index in [-0.39, 0.29) is 16.3 Å². The fourth-order valence-electron chi connectivity index (χ4n) is 3.29. The third-order valence-electron chi connectivity index (χ3n) is 4.52. The summed E-state index contributed by atoms with van der Waals surface area (Å²) in [5.74, 6) is -0.0315. The maximum Gasteiger partial charge on any atom is 0.276 e. The minimum Gasteiger partial charge on any atom is -0.497 e. The van der Waals surface area contributed by atoms with E-state index >= 15 is 0 Å². The summed E-state index contributed by atoms with van der Waals surface area (Å²) in [6.07, 6.45) is 0. The van der Waals surface area contributed by atoms with Gasteiger partial charge in [0, 0.05) is 23.9 Å². The second-order valence-electron chi connectivity index (χ2n) is 6.24. The molecular formula is C19H17N3O4S. The van der Waals surface area contributed by atoms with Gasteiger partial charge in [-0.2, -0.15) is 5.10 Å². The number of hydrogen-bond acceptors (Lipinski definition) is 5. The molecule has 7 nitrogen and oxygen atoms in total. The summed E-state index contributed by atoms with van der Waals surface area (Å²) in [7, 11) is -0.262. The Kier molecular flexibility index (Phi) is 4.00. The topological polar surface area (TPSA) is 90.3 Å². The van der Waals surface area contributed by atoms with Crippen LogP contribution in [0.4, 0.5) is 5.69 Å². The van der Waals surface area contributed by atoms with E-state index in [4.69, 9.17) is 4.74 Å². The minimum absolute atomic E-state index is 0.112. The molecule has 27 heavy (non-hydrogen) atoms. The number of carbonyl (C=O) groups is 1. The van der Waals surface area contributed by atoms with Gasteiger partial charge in [0.05, 0.1) is 23.5 Å². The maximum atomic E-state index is 12.8. The van der Waals surface area contributed by atoms with Crippen LogP contribution in [0.25, 0.3) is 11.3 Å². The predicted molar refractivity (Wildman–Crippen MR) is 100 cm³/mol. The number of fused-ring (bicyclic) bond motifs is 3. The van der Waals surface area contributed by atoms with Crippen LogP contribution in [0.5, 0.6) is 5.75 Å². The average Bonchev–Trinajstić information content (AvgIpc) is 2.98. The number of amides is 1. The molecule has 0 unspecified atom stereocenters. The van der Waals surface area contributed by atoms with Gasteiger partial charge in [0.25, 0.3) is 5.91 Å². The quantitative estimate of drug-likeness (QED) is 0.751. The summed E-state index contributed by atoms with van der Waals surface area (Å²) < 4.78 is 32.0. The summed E-state index contributed by atoms with van der Waals surface area (Å²) in [5.41, 5.74) is 2.32. The largest absolute Gasteiger partial charge is 0.497 e. The van der Waals surface area contributed by atoms with Gasteiger partial charge in [-0.1, -0.05) is 18.2 Å². The number of rotatable bonds is 3. The Morgan fingerprint density at radius 2 is 1.85 bits per heavy atom. The molecule has 4 rings (SSSR count). The number of anilines is 1. The Morgan fingerprint density at radius 3 is 2.56 bits per heavy atom. The fraction of sp³-hybridized carbons (Fsp3) is 0.158. The molecule has 0 bridgehead atoms. The molecule has 0 saturated heterocycles. The molecule has 0 fully saturated rings. The number of aromatic nitrogens is 2. The van der Waals surface area contributed by atoms with Crippen molar-refractivity contribution in [1.29, 1.82) is 0 Å². The Labute approximate surface area is 156 Å². The van der Waals surface area contributed by atoms with Crippen molar-refractivity contribution in [1.82, 2.24) is 9.78 Å². The zero-order valence-electron chi connectivity index (χ0n) is 14.8. The van der Waals surface area contributed by atoms with E-state index in [0.717, 1.165) is 0 Å². The van der Waals surface area contributed by atoms with Gasteiger partial charge in [-0.15, -0.1) is 0 Å². The highest BCUT2D eigenvalue weighted by Gasteiger charge is 2.34. The number of carbonyl (C=O) groups excluding carboxylic acids is 1. The fourth-order valence-corrected chi connectivity index (χ4v) is 4.88. The predicted octanol–water partition coefficient (Wildman–Crippen LogP) is 2.64. The molecule has 0 radical (unpaired) electrons. The van der Waals surface area contributed by atoms with Gasteiger partial charge in [-0.25, -0.2) is 8.42 Å². The summed E-state index contributed by atoms with van der Waals surface area (Å²) >= 11 is 0. The monoisotopic (exact) mass is 383 g/mol. The molecule has 2 aromatic carbocycles. The van der Waals surface area contributed by atoms with Crippen LogP contribution in [-0.2, 0) is 22.6 Å². The average molecular weight is 383 g/mol. The van der Waals surface area contributed by atoms with Crippen LogP contribution in [0.1, 0.15) is 16.1 Å². The van der Waals surface area contributed by atoms with Gasteiger partial charge in [0.15, 0.2) is 15.5 Å². The van der Waals surface area contributed by atoms with E-state index < -0.39 is 15.7 Å². The van der Waals surface area contributed by atoms with Crippen molar-refractivity contribution >= 4 is 21.4 Å². The van der Waals surface area contributed by atoms with Gasteiger partial charge in [-0.3, -0.25) is 9.48 Å². The standard InChI is InChI=1S/C19H17N3O4S/c1-22-18-14-5-3-4-6-16(14)27(24,25)11-15(18)17(21-22)19(23)20-12-7-9-13(26-2)10-8-12/h3-10H,11H2,1-2H3,(H,20,23). The molecule has 1 N–H and O–H groups in total. The first-order chi connectivity index (χ1) is 12.9. The van der Waals surface area contributed by atoms with Crippen molar-refractivity contribution in [3.05, 3.63) is 59.8 Å². The number of nitrogens with one attached hydrogen (secondary N) is 1. The molecule has 2 heterocycles. The lowest BCUT2D eigenvalue weighted by molar-refractivity contribution is 0.102. The second-order valence-corrected chi connectivity index (χ2v) is 8.20. The number of aryl methyl sites for hydroxylation is 1. The number of benzene rings is 2. The van der Waals surface area contributed by atoms with Gasteiger partial charge in [-0.05, 0) is 30.3 Å². The number of hydrogen-bond donors (Lipinski definition) is 1. The molecule has 0 saturated carbocycles. The molecule has 1 amide bonds. The third kappa shape index (κ3) is 2.87. The molecule has 8 heteroatoms. The first kappa shape index (κ1) is 17.3. The summed E-state index contributed by atoms with van der Waals surface area (Å²) in [5, 5.41) is 7.06. The second kappa shape index (κ2) is 6.24. The molecule has 3 aromatic rings. The highest BCUT2D eigenvalue weighted by Crippen LogP contribution is 2.39. The van der Waals surface area contributed by atoms with Gasteiger partial charge >= 0.3 is 0 Å². The van der Waals surface area contributed by atoms with Crippen LogP contribution >= 0.6 is 0 Å². The van der Waals surface area contributed by atoms with Gasteiger partial charge in [0.1, 0.15) is 5.75 Å². The summed E-state index contributed by atoms with van der Waals surface area (Å²) in [4.78, 5) is 13.0. The molecule has 138 valence electrons. The highest BCUT2D eigenvalue weighted by molar-refractivity contribution is 7.90. The summed E-state index contributed by atoms with van der Waals surface area (Å²) in [6, 6.07) is 13.6. The van der Waals surface area contributed by atoms with Crippen molar-refractivity contribution in [2.75, 3.05) is 12.4 Å². The molecule has 1 aliphatic rings. The zero-order chi connectivity index (χ0) is 19.2. The molecular weight excluding hydrogens is 366 g/mol. The van der Waals surface area contributed by atoms with Crippen molar-refractivity contribution in [3.63, 3.8) is 0 Å². The zero-order valence-corrected chi connectivity index (χ0v) is 15.6. The highest BCUT2D eigenvalue weighted by atomic mass is 32.2. The van der Waals surface area contributed by atoms with E-state index in [1.54, 1.807) is 67.4 Å². The normalized spacial score (nSPS) is 14.1. The van der Waals surface area contributed by atoms with E-state index in [9.17, 15) is 13.2 Å². The summed E-state index contributed by atoms with van der Waals surface area (Å²) in [6.45, 7) is 0. The van der Waals surface area contributed by atoms with Crippen LogP contribution in [0.15, 0.2) is 53.4 Å². The van der Waals surface area contributed by atoms with Crippen molar-refractivity contribution in [2.24, 2.45) is 7.05 Å². The lowest BCUT2D eigenvalue weighted by atomic mass is 10.1. The maximum absolute atomic E-state index is 12.8. The number of sulfone groups is 1. The van der Waals surface area contributed by atoms with Crippen molar-refractivity contribution in [3.8, 4) is 17.0 Å². The van der Waals surface area contributed by atoms with E-state index in [1.165, 1.54) is 0 Å². The lowest BCUT2D eigenvalue weighted by Crippen LogP contribution is -2.18. The molecule has 0 atom stereocenters. The first-order valence-electron chi connectivity index (χ1n) is 8.24. The number of nitrogens with zero attached hydrogens (tertiary/aromatic N) is 2. The van der Waals surface area contributed by atoms with Crippen LogP contribution in [0.2, 0.25) is 0 Å². The van der Waals surface area contributed by atoms with E-state index in [0.29, 0.717) is 28.3 Å². The van der Waals surface area contributed by atoms with Gasteiger partial charge < -0.3 is 10.1 Å². The molecule has 1 aliphatic heterocycles. The minimum atomic E-state index is -3.53. The van der Waals surface area contributed by atoms with E-state index in [2.05, 4.69) is 10.4 Å². The molecule has 0 aliphatic carbocycles. The van der Waals surface area contributed by atoms with Crippen LogP contribution < -0.4 is 10.1 Å². The van der Waals surface area contributed by atoms with Crippen LogP contribution in [0, 0.1) is 0 Å². The Morgan fingerprint density at radius 1 is 1.15 bits per heavy atom. The lowest BCUT2D eigenvalue weighted by Gasteiger charge is -2.18.